The maximum atomic E-state index is 13.4. The van der Waals surface area contributed by atoms with Crippen molar-refractivity contribution in [2.45, 2.75) is 18.7 Å². The molecule has 1 heterocycles. The van der Waals surface area contributed by atoms with Crippen LogP contribution in [0.25, 0.3) is 0 Å². The van der Waals surface area contributed by atoms with Crippen LogP contribution in [0.5, 0.6) is 0 Å². The number of nitrogens with zero attached hydrogens (tertiary/aromatic N) is 1. The second kappa shape index (κ2) is 9.20. The highest BCUT2D eigenvalue weighted by Crippen LogP contribution is 2.41. The Morgan fingerprint density at radius 3 is 2.25 bits per heavy atom. The molecule has 3 aromatic rings. The summed E-state index contributed by atoms with van der Waals surface area (Å²) in [4.78, 5) is 28.9. The predicted octanol–water partition coefficient (Wildman–Crippen LogP) is 7.25. The zero-order chi connectivity index (χ0) is 23.0. The van der Waals surface area contributed by atoms with Crippen molar-refractivity contribution in [2.24, 2.45) is 0 Å². The van der Waals surface area contributed by atoms with Gasteiger partial charge in [-0.15, -0.1) is 0 Å². The van der Waals surface area contributed by atoms with E-state index in [1.165, 1.54) is 11.8 Å². The van der Waals surface area contributed by atoms with E-state index in [1.807, 2.05) is 32.0 Å². The van der Waals surface area contributed by atoms with Gasteiger partial charge in [0.05, 0.1) is 15.7 Å². The van der Waals surface area contributed by atoms with E-state index < -0.39 is 11.8 Å². The van der Waals surface area contributed by atoms with Crippen molar-refractivity contribution >= 4 is 69.8 Å². The Hall–Kier alpha value is -2.44. The summed E-state index contributed by atoms with van der Waals surface area (Å²) in [5.74, 6) is -0.987. The first-order valence-corrected chi connectivity index (χ1v) is 11.6. The smallest absolute Gasteiger partial charge is 0.283 e. The van der Waals surface area contributed by atoms with E-state index in [4.69, 9.17) is 34.8 Å². The van der Waals surface area contributed by atoms with Gasteiger partial charge in [0.15, 0.2) is 0 Å². The van der Waals surface area contributed by atoms with Crippen LogP contribution in [0, 0.1) is 13.8 Å². The summed E-state index contributed by atoms with van der Waals surface area (Å²) >= 11 is 19.7. The van der Waals surface area contributed by atoms with Gasteiger partial charge in [0.2, 0.25) is 0 Å². The van der Waals surface area contributed by atoms with Crippen molar-refractivity contribution < 1.29 is 9.59 Å². The third-order valence-corrected chi connectivity index (χ3v) is 7.17. The van der Waals surface area contributed by atoms with Gasteiger partial charge in [-0.1, -0.05) is 58.7 Å². The summed E-state index contributed by atoms with van der Waals surface area (Å²) in [5, 5.41) is 4.13. The fourth-order valence-corrected chi connectivity index (χ4v) is 4.62. The molecule has 0 fully saturated rings. The Labute approximate surface area is 205 Å². The molecule has 1 aliphatic heterocycles. The molecule has 0 bridgehead atoms. The molecular weight excluding hydrogens is 487 g/mol. The quantitative estimate of drug-likeness (QED) is 0.372. The van der Waals surface area contributed by atoms with Gasteiger partial charge in [0.25, 0.3) is 11.8 Å². The number of imide groups is 1. The van der Waals surface area contributed by atoms with Gasteiger partial charge in [-0.25, -0.2) is 4.90 Å². The topological polar surface area (TPSA) is 49.4 Å². The first-order chi connectivity index (χ1) is 15.3. The standard InChI is InChI=1S/C24H17Cl3N2O2S/c1-13-6-9-16(12-14(13)2)28-21-22(32-17-10-7-15(25)8-11-17)24(31)29(23(21)30)19-5-3-4-18(26)20(19)27/h3-12,28H,1-2H3. The van der Waals surface area contributed by atoms with Crippen molar-refractivity contribution in [2.75, 3.05) is 10.2 Å². The Bertz CT molecular complexity index is 1270. The van der Waals surface area contributed by atoms with Gasteiger partial charge in [-0.3, -0.25) is 9.59 Å². The summed E-state index contributed by atoms with van der Waals surface area (Å²) in [7, 11) is 0. The van der Waals surface area contributed by atoms with E-state index in [2.05, 4.69) is 5.32 Å². The minimum Gasteiger partial charge on any atom is -0.350 e. The van der Waals surface area contributed by atoms with Crippen LogP contribution in [-0.4, -0.2) is 11.8 Å². The zero-order valence-electron chi connectivity index (χ0n) is 17.1. The molecule has 2 amide bonds. The van der Waals surface area contributed by atoms with Crippen molar-refractivity contribution in [3.63, 3.8) is 0 Å². The van der Waals surface area contributed by atoms with E-state index in [9.17, 15) is 9.59 Å². The molecular formula is C24H17Cl3N2O2S. The van der Waals surface area contributed by atoms with Crippen LogP contribution in [0.15, 0.2) is 76.2 Å². The minimum atomic E-state index is -0.506. The molecule has 0 spiro atoms. The lowest BCUT2D eigenvalue weighted by molar-refractivity contribution is -0.120. The van der Waals surface area contributed by atoms with Crippen LogP contribution in [0.3, 0.4) is 0 Å². The molecule has 8 heteroatoms. The van der Waals surface area contributed by atoms with Crippen molar-refractivity contribution in [3.05, 3.63) is 97.5 Å². The number of nitrogens with one attached hydrogen (secondary N) is 1. The van der Waals surface area contributed by atoms with Crippen LogP contribution in [0.2, 0.25) is 15.1 Å². The lowest BCUT2D eigenvalue weighted by atomic mass is 10.1. The molecule has 0 aromatic heterocycles. The van der Waals surface area contributed by atoms with Gasteiger partial charge in [0, 0.05) is 15.6 Å². The van der Waals surface area contributed by atoms with Gasteiger partial charge < -0.3 is 5.32 Å². The fraction of sp³-hybridized carbons (Fsp3) is 0.0833. The molecule has 1 N–H and O–H groups in total. The largest absolute Gasteiger partial charge is 0.350 e. The van der Waals surface area contributed by atoms with Crippen molar-refractivity contribution in [1.29, 1.82) is 0 Å². The number of hydrogen-bond donors (Lipinski definition) is 1. The van der Waals surface area contributed by atoms with Crippen molar-refractivity contribution in [3.8, 4) is 0 Å². The molecule has 1 aliphatic rings. The van der Waals surface area contributed by atoms with E-state index in [0.717, 1.165) is 20.9 Å². The van der Waals surface area contributed by atoms with Crippen LogP contribution in [0.4, 0.5) is 11.4 Å². The summed E-state index contributed by atoms with van der Waals surface area (Å²) in [6, 6.07) is 17.6. The minimum absolute atomic E-state index is 0.138. The SMILES string of the molecule is Cc1ccc(NC2=C(Sc3ccc(Cl)cc3)C(=O)N(c3cccc(Cl)c3Cl)C2=O)cc1C. The van der Waals surface area contributed by atoms with Gasteiger partial charge in [-0.2, -0.15) is 0 Å². The highest BCUT2D eigenvalue weighted by molar-refractivity contribution is 8.04. The second-order valence-electron chi connectivity index (χ2n) is 7.20. The fourth-order valence-electron chi connectivity index (χ4n) is 3.18. The number of halogens is 3. The van der Waals surface area contributed by atoms with Crippen molar-refractivity contribution in [1.82, 2.24) is 0 Å². The third kappa shape index (κ3) is 4.39. The number of carbonyl (C=O) groups excluding carboxylic acids is 2. The molecule has 0 saturated heterocycles. The highest BCUT2D eigenvalue weighted by Gasteiger charge is 2.41. The maximum absolute atomic E-state index is 13.4. The van der Waals surface area contributed by atoms with Crippen LogP contribution < -0.4 is 10.2 Å². The number of amides is 2. The molecule has 0 radical (unpaired) electrons. The van der Waals surface area contributed by atoms with Gasteiger partial charge in [0.1, 0.15) is 10.6 Å². The summed E-state index contributed by atoms with van der Waals surface area (Å²) < 4.78 is 0. The molecule has 3 aromatic carbocycles. The molecule has 162 valence electrons. The first-order valence-electron chi connectivity index (χ1n) is 9.61. The summed E-state index contributed by atoms with van der Waals surface area (Å²) in [5.41, 5.74) is 3.31. The second-order valence-corrected chi connectivity index (χ2v) is 9.51. The summed E-state index contributed by atoms with van der Waals surface area (Å²) in [6.07, 6.45) is 0. The van der Waals surface area contributed by atoms with E-state index in [1.54, 1.807) is 42.5 Å². The van der Waals surface area contributed by atoms with E-state index >= 15 is 0 Å². The average molecular weight is 504 g/mol. The van der Waals surface area contributed by atoms with Crippen LogP contribution >= 0.6 is 46.6 Å². The molecule has 32 heavy (non-hydrogen) atoms. The third-order valence-electron chi connectivity index (χ3n) is 5.02. The molecule has 4 nitrogen and oxygen atoms in total. The molecule has 0 atom stereocenters. The number of hydrogen-bond acceptors (Lipinski definition) is 4. The Balaban J connectivity index is 1.78. The monoisotopic (exact) mass is 502 g/mol. The van der Waals surface area contributed by atoms with E-state index in [0.29, 0.717) is 10.7 Å². The van der Waals surface area contributed by atoms with Crippen LogP contribution in [-0.2, 0) is 9.59 Å². The highest BCUT2D eigenvalue weighted by atomic mass is 35.5. The Morgan fingerprint density at radius 2 is 1.56 bits per heavy atom. The van der Waals surface area contributed by atoms with Gasteiger partial charge in [-0.05, 0) is 73.5 Å². The number of thioether (sulfide) groups is 1. The number of rotatable bonds is 5. The molecule has 0 saturated carbocycles. The lowest BCUT2D eigenvalue weighted by Crippen LogP contribution is -2.32. The van der Waals surface area contributed by atoms with Gasteiger partial charge >= 0.3 is 0 Å². The van der Waals surface area contributed by atoms with Crippen LogP contribution in [0.1, 0.15) is 11.1 Å². The number of benzene rings is 3. The normalized spacial score (nSPS) is 13.8. The average Bonchev–Trinajstić information content (AvgIpc) is 2.98. The number of aryl methyl sites for hydroxylation is 2. The first kappa shape index (κ1) is 22.7. The number of anilines is 2. The Kier molecular flexibility index (Phi) is 6.54. The predicted molar refractivity (Wildman–Crippen MR) is 133 cm³/mol. The Morgan fingerprint density at radius 1 is 0.844 bits per heavy atom. The summed E-state index contributed by atoms with van der Waals surface area (Å²) in [6.45, 7) is 3.99. The molecule has 0 unspecified atom stereocenters. The number of carbonyl (C=O) groups is 2. The maximum Gasteiger partial charge on any atom is 0.283 e. The molecule has 4 rings (SSSR count). The molecule has 0 aliphatic carbocycles. The van der Waals surface area contributed by atoms with E-state index in [-0.39, 0.29) is 26.3 Å². The zero-order valence-corrected chi connectivity index (χ0v) is 20.2. The lowest BCUT2D eigenvalue weighted by Gasteiger charge is -2.17.